The summed E-state index contributed by atoms with van der Waals surface area (Å²) in [6, 6.07) is 23.2. The van der Waals surface area contributed by atoms with Gasteiger partial charge in [0.05, 0.1) is 6.54 Å². The zero-order valence-electron chi connectivity index (χ0n) is 17.2. The number of aromatic nitrogens is 1. The van der Waals surface area contributed by atoms with Crippen LogP contribution in [0.3, 0.4) is 0 Å². The monoisotopic (exact) mass is 423 g/mol. The number of amides is 3. The van der Waals surface area contributed by atoms with E-state index in [1.807, 2.05) is 60.7 Å². The van der Waals surface area contributed by atoms with Crippen molar-refractivity contribution < 1.29 is 14.7 Å². The summed E-state index contributed by atoms with van der Waals surface area (Å²) in [5, 5.41) is 10.9. The van der Waals surface area contributed by atoms with E-state index in [0.29, 0.717) is 6.42 Å². The van der Waals surface area contributed by atoms with Crippen molar-refractivity contribution >= 4 is 22.8 Å². The minimum absolute atomic E-state index is 0.160. The number of benzene rings is 3. The number of hydrogen-bond donors (Lipinski definition) is 2. The van der Waals surface area contributed by atoms with Crippen LogP contribution < -0.4 is 0 Å². The van der Waals surface area contributed by atoms with Crippen molar-refractivity contribution in [3.8, 4) is 5.75 Å². The van der Waals surface area contributed by atoms with Gasteiger partial charge in [-0.2, -0.15) is 0 Å². The van der Waals surface area contributed by atoms with Gasteiger partial charge in [-0.15, -0.1) is 0 Å². The van der Waals surface area contributed by atoms with Gasteiger partial charge in [-0.05, 0) is 34.9 Å². The molecule has 4 aromatic rings. The van der Waals surface area contributed by atoms with Crippen molar-refractivity contribution in [2.45, 2.75) is 25.0 Å². The van der Waals surface area contributed by atoms with E-state index in [9.17, 15) is 14.7 Å². The Labute approximate surface area is 184 Å². The number of H-pyrrole nitrogens is 1. The summed E-state index contributed by atoms with van der Waals surface area (Å²) in [4.78, 5) is 33.6. The number of urea groups is 1. The summed E-state index contributed by atoms with van der Waals surface area (Å²) in [6.45, 7) is 0.252. The third-order valence-corrected chi connectivity index (χ3v) is 6.53. The second-order valence-corrected chi connectivity index (χ2v) is 8.38. The van der Waals surface area contributed by atoms with Crippen LogP contribution in [0.15, 0.2) is 78.9 Å². The van der Waals surface area contributed by atoms with Gasteiger partial charge in [0.2, 0.25) is 0 Å². The SMILES string of the molecule is O=C1[C@H]2Cc3c([nH]c4ccccc34)[C@H](c3ccc(O)cc3)N2C(=O)N1Cc1ccccc1. The van der Waals surface area contributed by atoms with Crippen LogP contribution in [-0.2, 0) is 17.8 Å². The van der Waals surface area contributed by atoms with Crippen LogP contribution in [0.1, 0.15) is 28.4 Å². The van der Waals surface area contributed by atoms with Gasteiger partial charge < -0.3 is 10.1 Å². The lowest BCUT2D eigenvalue weighted by molar-refractivity contribution is -0.129. The predicted octanol–water partition coefficient (Wildman–Crippen LogP) is 4.35. The highest BCUT2D eigenvalue weighted by Crippen LogP contribution is 2.44. The minimum atomic E-state index is -0.559. The maximum absolute atomic E-state index is 13.6. The molecule has 6 nitrogen and oxygen atoms in total. The van der Waals surface area contributed by atoms with Crippen LogP contribution in [0.5, 0.6) is 5.75 Å². The molecule has 0 saturated carbocycles. The van der Waals surface area contributed by atoms with Crippen molar-refractivity contribution in [2.75, 3.05) is 0 Å². The van der Waals surface area contributed by atoms with Gasteiger partial charge in [-0.25, -0.2) is 4.79 Å². The first-order valence-corrected chi connectivity index (χ1v) is 10.7. The standard InChI is InChI=1S/C26H21N3O3/c30-18-12-10-17(11-13-18)24-23-20(19-8-4-5-9-21(19)27-23)14-22-25(31)28(26(32)29(22)24)15-16-6-2-1-3-7-16/h1-13,22,24,27,30H,14-15H2/t22-,24+/m1/s1. The van der Waals surface area contributed by atoms with E-state index < -0.39 is 12.1 Å². The molecule has 158 valence electrons. The summed E-state index contributed by atoms with van der Waals surface area (Å²) < 4.78 is 0. The van der Waals surface area contributed by atoms with Gasteiger partial charge in [0, 0.05) is 23.0 Å². The number of nitrogens with zero attached hydrogens (tertiary/aromatic N) is 2. The third-order valence-electron chi connectivity index (χ3n) is 6.53. The van der Waals surface area contributed by atoms with Crippen LogP contribution in [0.2, 0.25) is 0 Å². The lowest BCUT2D eigenvalue weighted by atomic mass is 9.89. The van der Waals surface area contributed by atoms with E-state index in [0.717, 1.165) is 33.3 Å². The molecule has 1 aromatic heterocycles. The van der Waals surface area contributed by atoms with Gasteiger partial charge in [0.15, 0.2) is 0 Å². The molecular weight excluding hydrogens is 402 g/mol. The number of phenolic OH excluding ortho intramolecular Hbond substituents is 1. The number of nitrogens with one attached hydrogen (secondary N) is 1. The van der Waals surface area contributed by atoms with Crippen LogP contribution in [0.4, 0.5) is 4.79 Å². The maximum atomic E-state index is 13.6. The molecule has 0 aliphatic carbocycles. The molecule has 0 bridgehead atoms. The van der Waals surface area contributed by atoms with E-state index in [-0.39, 0.29) is 24.2 Å². The van der Waals surface area contributed by atoms with Crippen molar-refractivity contribution in [3.63, 3.8) is 0 Å². The summed E-state index contributed by atoms with van der Waals surface area (Å²) in [6.07, 6.45) is 0.476. The Balaban J connectivity index is 1.49. The summed E-state index contributed by atoms with van der Waals surface area (Å²) >= 11 is 0. The molecule has 0 radical (unpaired) electrons. The second kappa shape index (κ2) is 6.99. The average molecular weight is 423 g/mol. The van der Waals surface area contributed by atoms with Crippen LogP contribution >= 0.6 is 0 Å². The molecule has 2 N–H and O–H groups in total. The number of aromatic amines is 1. The Morgan fingerprint density at radius 1 is 0.906 bits per heavy atom. The number of carbonyl (C=O) groups is 2. The molecule has 1 saturated heterocycles. The number of carbonyl (C=O) groups excluding carboxylic acids is 2. The first-order chi connectivity index (χ1) is 15.6. The van der Waals surface area contributed by atoms with Crippen LogP contribution in [0.25, 0.3) is 10.9 Å². The fourth-order valence-electron chi connectivity index (χ4n) is 5.04. The highest BCUT2D eigenvalue weighted by Gasteiger charge is 2.52. The number of imide groups is 1. The zero-order valence-corrected chi connectivity index (χ0v) is 17.2. The third kappa shape index (κ3) is 2.73. The van der Waals surface area contributed by atoms with Crippen molar-refractivity contribution in [1.82, 2.24) is 14.8 Å². The Hall–Kier alpha value is -4.06. The lowest BCUT2D eigenvalue weighted by Crippen LogP contribution is -2.44. The van der Waals surface area contributed by atoms with Gasteiger partial charge in [-0.3, -0.25) is 14.6 Å². The molecule has 0 unspecified atom stereocenters. The maximum Gasteiger partial charge on any atom is 0.328 e. The molecule has 32 heavy (non-hydrogen) atoms. The molecule has 1 fully saturated rings. The Kier molecular flexibility index (Phi) is 4.08. The number of rotatable bonds is 3. The fourth-order valence-corrected chi connectivity index (χ4v) is 5.04. The van der Waals surface area contributed by atoms with Gasteiger partial charge in [0.25, 0.3) is 5.91 Å². The van der Waals surface area contributed by atoms with E-state index in [2.05, 4.69) is 11.1 Å². The van der Waals surface area contributed by atoms with E-state index >= 15 is 0 Å². The summed E-state index contributed by atoms with van der Waals surface area (Å²) in [7, 11) is 0. The largest absolute Gasteiger partial charge is 0.508 e. The summed E-state index contributed by atoms with van der Waals surface area (Å²) in [5.41, 5.74) is 4.75. The van der Waals surface area contributed by atoms with Crippen molar-refractivity contribution in [2.24, 2.45) is 0 Å². The molecule has 2 aliphatic heterocycles. The van der Waals surface area contributed by atoms with Gasteiger partial charge in [0.1, 0.15) is 17.8 Å². The molecule has 6 heteroatoms. The highest BCUT2D eigenvalue weighted by molar-refractivity contribution is 6.05. The first kappa shape index (κ1) is 18.7. The average Bonchev–Trinajstić information content (AvgIpc) is 3.30. The van der Waals surface area contributed by atoms with E-state index in [1.54, 1.807) is 17.0 Å². The molecule has 2 atom stereocenters. The molecule has 2 aliphatic rings. The number of para-hydroxylation sites is 1. The number of phenols is 1. The molecule has 3 aromatic carbocycles. The minimum Gasteiger partial charge on any atom is -0.508 e. The van der Waals surface area contributed by atoms with Gasteiger partial charge >= 0.3 is 6.03 Å². The highest BCUT2D eigenvalue weighted by atomic mass is 16.3. The number of aromatic hydroxyl groups is 1. The predicted molar refractivity (Wildman–Crippen MR) is 120 cm³/mol. The lowest BCUT2D eigenvalue weighted by Gasteiger charge is -2.36. The smallest absolute Gasteiger partial charge is 0.328 e. The molecule has 6 rings (SSSR count). The number of hydrogen-bond acceptors (Lipinski definition) is 3. The van der Waals surface area contributed by atoms with E-state index in [4.69, 9.17) is 0 Å². The normalized spacial score (nSPS) is 20.0. The van der Waals surface area contributed by atoms with Crippen LogP contribution in [-0.4, -0.2) is 37.9 Å². The Morgan fingerprint density at radius 2 is 1.62 bits per heavy atom. The van der Waals surface area contributed by atoms with Crippen molar-refractivity contribution in [1.29, 1.82) is 0 Å². The van der Waals surface area contributed by atoms with Crippen LogP contribution in [0, 0.1) is 0 Å². The molecule has 3 heterocycles. The topological polar surface area (TPSA) is 76.6 Å². The molecule has 0 spiro atoms. The Morgan fingerprint density at radius 3 is 2.41 bits per heavy atom. The molecular formula is C26H21N3O3. The van der Waals surface area contributed by atoms with E-state index in [1.165, 1.54) is 4.90 Å². The molecule has 3 amide bonds. The zero-order chi connectivity index (χ0) is 21.8. The number of fused-ring (bicyclic) bond motifs is 4. The first-order valence-electron chi connectivity index (χ1n) is 10.7. The fraction of sp³-hybridized carbons (Fsp3) is 0.154. The summed E-state index contributed by atoms with van der Waals surface area (Å²) in [5.74, 6) is -0.00827. The van der Waals surface area contributed by atoms with Crippen molar-refractivity contribution in [3.05, 3.63) is 101 Å². The quantitative estimate of drug-likeness (QED) is 0.481. The van der Waals surface area contributed by atoms with Gasteiger partial charge in [-0.1, -0.05) is 60.7 Å². The Bertz CT molecular complexity index is 1340. The second-order valence-electron chi connectivity index (χ2n) is 8.38.